The summed E-state index contributed by atoms with van der Waals surface area (Å²) in [5.41, 5.74) is 0.934. The molecular weight excluding hydrogens is 278 g/mol. The molecule has 0 saturated heterocycles. The molecule has 1 unspecified atom stereocenters. The molecule has 1 N–H and O–H groups in total. The Labute approximate surface area is 120 Å². The minimum absolute atomic E-state index is 0.308. The molecule has 0 aliphatic carbocycles. The summed E-state index contributed by atoms with van der Waals surface area (Å²) in [5.74, 6) is -1.96. The van der Waals surface area contributed by atoms with Crippen molar-refractivity contribution in [2.45, 2.75) is 19.9 Å². The van der Waals surface area contributed by atoms with Crippen molar-refractivity contribution in [1.82, 2.24) is 0 Å². The van der Waals surface area contributed by atoms with E-state index in [1.807, 2.05) is 31.2 Å². The highest BCUT2D eigenvalue weighted by atomic mass is 19.1. The molecule has 6 heteroatoms. The minimum Gasteiger partial charge on any atom is -0.371 e. The first-order valence-corrected chi connectivity index (χ1v) is 6.35. The second kappa shape index (κ2) is 5.87. The van der Waals surface area contributed by atoms with Gasteiger partial charge in [0.1, 0.15) is 11.5 Å². The lowest BCUT2D eigenvalue weighted by Gasteiger charge is -2.18. The van der Waals surface area contributed by atoms with Gasteiger partial charge in [-0.3, -0.25) is 10.1 Å². The molecule has 2 aromatic rings. The maximum atomic E-state index is 13.8. The van der Waals surface area contributed by atoms with Gasteiger partial charge in [-0.1, -0.05) is 24.3 Å². The average molecular weight is 292 g/mol. The molecule has 0 radical (unpaired) electrons. The second-order valence-electron chi connectivity index (χ2n) is 4.76. The topological polar surface area (TPSA) is 55.2 Å². The van der Waals surface area contributed by atoms with Crippen LogP contribution < -0.4 is 5.32 Å². The fourth-order valence-electron chi connectivity index (χ4n) is 2.21. The summed E-state index contributed by atoms with van der Waals surface area (Å²) in [6.45, 7) is 3.65. The van der Waals surface area contributed by atoms with Crippen molar-refractivity contribution in [2.75, 3.05) is 5.32 Å². The lowest BCUT2D eigenvalue weighted by Crippen LogP contribution is -2.11. The molecule has 0 aromatic heterocycles. The molecule has 0 heterocycles. The van der Waals surface area contributed by atoms with Crippen LogP contribution in [0.5, 0.6) is 0 Å². The molecule has 0 saturated carbocycles. The summed E-state index contributed by atoms with van der Waals surface area (Å²) in [4.78, 5) is 10.1. The number of halogens is 2. The van der Waals surface area contributed by atoms with Crippen molar-refractivity contribution >= 4 is 11.4 Å². The summed E-state index contributed by atoms with van der Waals surface area (Å²) in [7, 11) is 0. The number of rotatable bonds is 4. The maximum absolute atomic E-state index is 13.8. The predicted molar refractivity (Wildman–Crippen MR) is 76.2 cm³/mol. The Kier molecular flexibility index (Phi) is 4.16. The summed E-state index contributed by atoms with van der Waals surface area (Å²) < 4.78 is 27.0. The van der Waals surface area contributed by atoms with E-state index in [1.165, 1.54) is 0 Å². The van der Waals surface area contributed by atoms with E-state index < -0.39 is 22.2 Å². The summed E-state index contributed by atoms with van der Waals surface area (Å²) in [5, 5.41) is 13.7. The third-order valence-electron chi connectivity index (χ3n) is 3.25. The van der Waals surface area contributed by atoms with Crippen molar-refractivity contribution < 1.29 is 13.7 Å². The molecule has 1 atom stereocenters. The Bertz CT molecular complexity index is 689. The van der Waals surface area contributed by atoms with E-state index in [-0.39, 0.29) is 11.7 Å². The number of aryl methyl sites for hydroxylation is 1. The molecule has 0 spiro atoms. The lowest BCUT2D eigenvalue weighted by molar-refractivity contribution is -0.384. The highest BCUT2D eigenvalue weighted by Gasteiger charge is 2.22. The van der Waals surface area contributed by atoms with Crippen LogP contribution in [-0.2, 0) is 0 Å². The van der Waals surface area contributed by atoms with Crippen LogP contribution in [0.3, 0.4) is 0 Å². The first-order chi connectivity index (χ1) is 9.90. The Hall–Kier alpha value is -2.50. The Morgan fingerprint density at radius 3 is 2.52 bits per heavy atom. The maximum Gasteiger partial charge on any atom is 0.298 e. The molecule has 110 valence electrons. The molecule has 0 bridgehead atoms. The Morgan fingerprint density at radius 2 is 1.90 bits per heavy atom. The molecule has 0 amide bonds. The van der Waals surface area contributed by atoms with Gasteiger partial charge in [-0.05, 0) is 25.0 Å². The van der Waals surface area contributed by atoms with Gasteiger partial charge in [0.2, 0.25) is 0 Å². The van der Waals surface area contributed by atoms with E-state index >= 15 is 0 Å². The van der Waals surface area contributed by atoms with Gasteiger partial charge in [-0.15, -0.1) is 0 Å². The smallest absolute Gasteiger partial charge is 0.298 e. The van der Waals surface area contributed by atoms with Gasteiger partial charge in [0.15, 0.2) is 5.82 Å². The highest BCUT2D eigenvalue weighted by molar-refractivity contribution is 5.63. The monoisotopic (exact) mass is 292 g/mol. The standard InChI is InChI=1S/C15H14F2N2O2/c1-9-5-3-4-6-12(9)10(2)18-15-13(17)7-11(16)8-14(15)19(20)21/h3-8,10,18H,1-2H3. The van der Waals surface area contributed by atoms with Gasteiger partial charge < -0.3 is 5.32 Å². The number of benzene rings is 2. The molecule has 21 heavy (non-hydrogen) atoms. The zero-order valence-corrected chi connectivity index (χ0v) is 11.6. The van der Waals surface area contributed by atoms with Crippen LogP contribution in [-0.4, -0.2) is 4.92 Å². The fourth-order valence-corrected chi connectivity index (χ4v) is 2.21. The van der Waals surface area contributed by atoms with Crippen molar-refractivity contribution in [3.8, 4) is 0 Å². The number of nitro benzene ring substituents is 1. The molecular formula is C15H14F2N2O2. The van der Waals surface area contributed by atoms with Crippen LogP contribution in [0.15, 0.2) is 36.4 Å². The van der Waals surface area contributed by atoms with E-state index in [4.69, 9.17) is 0 Å². The number of nitro groups is 1. The zero-order chi connectivity index (χ0) is 15.6. The van der Waals surface area contributed by atoms with E-state index in [2.05, 4.69) is 5.32 Å². The summed E-state index contributed by atoms with van der Waals surface area (Å²) >= 11 is 0. The quantitative estimate of drug-likeness (QED) is 0.673. The van der Waals surface area contributed by atoms with Crippen LogP contribution in [0.2, 0.25) is 0 Å². The molecule has 2 aromatic carbocycles. The van der Waals surface area contributed by atoms with Gasteiger partial charge in [-0.2, -0.15) is 0 Å². The summed E-state index contributed by atoms with van der Waals surface area (Å²) in [6, 6.07) is 8.41. The third kappa shape index (κ3) is 3.16. The fraction of sp³-hybridized carbons (Fsp3) is 0.200. The first kappa shape index (κ1) is 14.9. The average Bonchev–Trinajstić information content (AvgIpc) is 2.41. The van der Waals surface area contributed by atoms with Crippen molar-refractivity contribution in [3.63, 3.8) is 0 Å². The number of nitrogens with zero attached hydrogens (tertiary/aromatic N) is 1. The highest BCUT2D eigenvalue weighted by Crippen LogP contribution is 2.32. The molecule has 0 fully saturated rings. The molecule has 2 rings (SSSR count). The number of nitrogens with one attached hydrogen (secondary N) is 1. The Balaban J connectivity index is 2.40. The van der Waals surface area contributed by atoms with E-state index in [0.29, 0.717) is 12.1 Å². The van der Waals surface area contributed by atoms with Gasteiger partial charge in [0, 0.05) is 12.1 Å². The van der Waals surface area contributed by atoms with Crippen LogP contribution in [0.25, 0.3) is 0 Å². The van der Waals surface area contributed by atoms with Crippen molar-refractivity contribution in [3.05, 3.63) is 69.3 Å². The Morgan fingerprint density at radius 1 is 1.24 bits per heavy atom. The molecule has 4 nitrogen and oxygen atoms in total. The predicted octanol–water partition coefficient (Wildman–Crippen LogP) is 4.35. The van der Waals surface area contributed by atoms with Crippen LogP contribution in [0, 0.1) is 28.7 Å². The van der Waals surface area contributed by atoms with Crippen LogP contribution in [0.1, 0.15) is 24.1 Å². The van der Waals surface area contributed by atoms with E-state index in [9.17, 15) is 18.9 Å². The largest absolute Gasteiger partial charge is 0.371 e. The normalized spacial score (nSPS) is 12.0. The first-order valence-electron chi connectivity index (χ1n) is 6.35. The van der Waals surface area contributed by atoms with E-state index in [0.717, 1.165) is 11.1 Å². The number of hydrogen-bond donors (Lipinski definition) is 1. The van der Waals surface area contributed by atoms with Crippen molar-refractivity contribution in [1.29, 1.82) is 0 Å². The van der Waals surface area contributed by atoms with Gasteiger partial charge in [0.25, 0.3) is 5.69 Å². The zero-order valence-electron chi connectivity index (χ0n) is 11.6. The summed E-state index contributed by atoms with van der Waals surface area (Å²) in [6.07, 6.45) is 0. The van der Waals surface area contributed by atoms with Gasteiger partial charge in [0.05, 0.1) is 11.0 Å². The SMILES string of the molecule is Cc1ccccc1C(C)Nc1c(F)cc(F)cc1[N+](=O)[O-]. The molecule has 0 aliphatic rings. The third-order valence-corrected chi connectivity index (χ3v) is 3.25. The van der Waals surface area contributed by atoms with Crippen molar-refractivity contribution in [2.24, 2.45) is 0 Å². The lowest BCUT2D eigenvalue weighted by atomic mass is 10.0. The van der Waals surface area contributed by atoms with E-state index in [1.54, 1.807) is 6.92 Å². The van der Waals surface area contributed by atoms with Crippen LogP contribution >= 0.6 is 0 Å². The number of anilines is 1. The second-order valence-corrected chi connectivity index (χ2v) is 4.76. The van der Waals surface area contributed by atoms with Crippen LogP contribution in [0.4, 0.5) is 20.2 Å². The minimum atomic E-state index is -0.984. The van der Waals surface area contributed by atoms with Gasteiger partial charge in [-0.25, -0.2) is 8.78 Å². The van der Waals surface area contributed by atoms with Gasteiger partial charge >= 0.3 is 0 Å². The number of hydrogen-bond acceptors (Lipinski definition) is 3. The molecule has 0 aliphatic heterocycles.